The summed E-state index contributed by atoms with van der Waals surface area (Å²) in [5, 5.41) is 11.7. The van der Waals surface area contributed by atoms with Gasteiger partial charge in [0.2, 0.25) is 0 Å². The Morgan fingerprint density at radius 2 is 2.15 bits per heavy atom. The van der Waals surface area contributed by atoms with Gasteiger partial charge in [-0.1, -0.05) is 6.08 Å². The Balaban J connectivity index is 1.59. The first-order valence-corrected chi connectivity index (χ1v) is 9.46. The molecule has 2 aliphatic heterocycles. The van der Waals surface area contributed by atoms with Crippen LogP contribution >= 0.6 is 0 Å². The van der Waals surface area contributed by atoms with Gasteiger partial charge in [0, 0.05) is 46.3 Å². The predicted octanol–water partition coefficient (Wildman–Crippen LogP) is 0.409. The fourth-order valence-corrected chi connectivity index (χ4v) is 3.49. The molecule has 0 aliphatic carbocycles. The molecule has 0 amide bonds. The van der Waals surface area contributed by atoms with Crippen LogP contribution in [-0.4, -0.2) is 83.0 Å². The molecule has 1 unspecified atom stereocenters. The van der Waals surface area contributed by atoms with Crippen molar-refractivity contribution in [2.24, 2.45) is 18.0 Å². The van der Waals surface area contributed by atoms with E-state index in [4.69, 9.17) is 9.73 Å². The van der Waals surface area contributed by atoms with Crippen molar-refractivity contribution in [3.05, 3.63) is 24.3 Å². The summed E-state index contributed by atoms with van der Waals surface area (Å²) in [5.41, 5.74) is 0. The van der Waals surface area contributed by atoms with Crippen LogP contribution < -0.4 is 5.32 Å². The van der Waals surface area contributed by atoms with E-state index in [1.165, 1.54) is 6.42 Å². The molecule has 1 aromatic heterocycles. The van der Waals surface area contributed by atoms with E-state index in [0.29, 0.717) is 19.0 Å². The van der Waals surface area contributed by atoms with Crippen molar-refractivity contribution < 1.29 is 4.74 Å². The molecule has 3 rings (SSSR count). The third-order valence-corrected chi connectivity index (χ3v) is 5.16. The molecule has 0 aromatic carbocycles. The number of hydrogen-bond acceptors (Lipinski definition) is 5. The topological polar surface area (TPSA) is 70.8 Å². The van der Waals surface area contributed by atoms with Gasteiger partial charge >= 0.3 is 0 Å². The van der Waals surface area contributed by atoms with E-state index >= 15 is 0 Å². The lowest BCUT2D eigenvalue weighted by atomic mass is 10.1. The van der Waals surface area contributed by atoms with Gasteiger partial charge in [0.1, 0.15) is 12.4 Å². The van der Waals surface area contributed by atoms with Crippen LogP contribution in [0.3, 0.4) is 0 Å². The average molecular weight is 361 g/mol. The van der Waals surface area contributed by atoms with Crippen LogP contribution in [0, 0.1) is 12.8 Å². The zero-order valence-corrected chi connectivity index (χ0v) is 16.0. The Kier molecular flexibility index (Phi) is 6.62. The molecule has 1 N–H and O–H groups in total. The molecule has 1 aromatic rings. The highest BCUT2D eigenvalue weighted by molar-refractivity contribution is 5.80. The smallest absolute Gasteiger partial charge is 0.194 e. The lowest BCUT2D eigenvalue weighted by Gasteiger charge is -2.29. The van der Waals surface area contributed by atoms with Crippen molar-refractivity contribution in [3.8, 4) is 0 Å². The Bertz CT molecular complexity index is 621. The molecule has 0 bridgehead atoms. The first-order valence-electron chi connectivity index (χ1n) is 9.46. The minimum atomic E-state index is 0.529. The van der Waals surface area contributed by atoms with Crippen molar-refractivity contribution in [1.29, 1.82) is 0 Å². The Labute approximate surface area is 155 Å². The van der Waals surface area contributed by atoms with E-state index < -0.39 is 0 Å². The molecule has 26 heavy (non-hydrogen) atoms. The number of aromatic nitrogens is 3. The zero-order chi connectivity index (χ0) is 18.4. The summed E-state index contributed by atoms with van der Waals surface area (Å²) in [6.45, 7) is 14.1. The largest absolute Gasteiger partial charge is 0.379 e. The van der Waals surface area contributed by atoms with Crippen molar-refractivity contribution >= 4 is 5.96 Å². The van der Waals surface area contributed by atoms with Crippen molar-refractivity contribution in [2.45, 2.75) is 19.9 Å². The Morgan fingerprint density at radius 3 is 2.85 bits per heavy atom. The summed E-state index contributed by atoms with van der Waals surface area (Å²) in [7, 11) is 1.98. The van der Waals surface area contributed by atoms with Crippen molar-refractivity contribution in [1.82, 2.24) is 29.9 Å². The van der Waals surface area contributed by atoms with Gasteiger partial charge in [0.25, 0.3) is 0 Å². The number of likely N-dealkylation sites (tertiary alicyclic amines) is 1. The molecule has 1 atom stereocenters. The van der Waals surface area contributed by atoms with Gasteiger partial charge in [-0.2, -0.15) is 0 Å². The molecule has 8 nitrogen and oxygen atoms in total. The fraction of sp³-hybridized carbons (Fsp3) is 0.722. The van der Waals surface area contributed by atoms with Gasteiger partial charge in [0.15, 0.2) is 11.8 Å². The van der Waals surface area contributed by atoms with E-state index in [0.717, 1.165) is 63.5 Å². The van der Waals surface area contributed by atoms with Gasteiger partial charge in [0.05, 0.1) is 13.2 Å². The number of morpholine rings is 1. The van der Waals surface area contributed by atoms with Crippen LogP contribution in [0.25, 0.3) is 0 Å². The lowest BCUT2D eigenvalue weighted by molar-refractivity contribution is 0.0315. The number of aryl methyl sites for hydroxylation is 1. The molecule has 144 valence electrons. The van der Waals surface area contributed by atoms with Crippen LogP contribution in [0.1, 0.15) is 18.1 Å². The number of nitrogens with zero attached hydrogens (tertiary/aromatic N) is 6. The predicted molar refractivity (Wildman–Crippen MR) is 102 cm³/mol. The molecule has 3 heterocycles. The average Bonchev–Trinajstić information content (AvgIpc) is 3.24. The number of guanidine groups is 1. The minimum Gasteiger partial charge on any atom is -0.379 e. The normalized spacial score (nSPS) is 22.0. The molecule has 8 heteroatoms. The summed E-state index contributed by atoms with van der Waals surface area (Å²) >= 11 is 0. The molecular formula is C18H31N7O. The highest BCUT2D eigenvalue weighted by Gasteiger charge is 2.27. The third-order valence-electron chi connectivity index (χ3n) is 5.16. The van der Waals surface area contributed by atoms with Gasteiger partial charge in [-0.25, -0.2) is 4.99 Å². The summed E-state index contributed by atoms with van der Waals surface area (Å²) in [5.74, 6) is 3.41. The van der Waals surface area contributed by atoms with Crippen molar-refractivity contribution in [2.75, 3.05) is 52.5 Å². The van der Waals surface area contributed by atoms with Crippen LogP contribution in [0.2, 0.25) is 0 Å². The van der Waals surface area contributed by atoms with E-state index in [2.05, 4.69) is 31.9 Å². The third kappa shape index (κ3) is 4.82. The van der Waals surface area contributed by atoms with Gasteiger partial charge < -0.3 is 19.5 Å². The second-order valence-electron chi connectivity index (χ2n) is 7.05. The summed E-state index contributed by atoms with van der Waals surface area (Å²) in [6, 6.07) is 0. The number of nitrogens with one attached hydrogen (secondary N) is 1. The second-order valence-corrected chi connectivity index (χ2v) is 7.05. The summed E-state index contributed by atoms with van der Waals surface area (Å²) in [4.78, 5) is 9.68. The number of ether oxygens (including phenoxy) is 1. The maximum Gasteiger partial charge on any atom is 0.194 e. The van der Waals surface area contributed by atoms with Gasteiger partial charge in [-0.05, 0) is 19.3 Å². The summed E-state index contributed by atoms with van der Waals surface area (Å²) < 4.78 is 7.44. The number of rotatable bonds is 6. The number of hydrogen-bond donors (Lipinski definition) is 1. The first-order chi connectivity index (χ1) is 12.7. The monoisotopic (exact) mass is 361 g/mol. The summed E-state index contributed by atoms with van der Waals surface area (Å²) in [6.07, 6.45) is 3.07. The van der Waals surface area contributed by atoms with Crippen LogP contribution in [0.5, 0.6) is 0 Å². The minimum absolute atomic E-state index is 0.529. The highest BCUT2D eigenvalue weighted by atomic mass is 16.5. The van der Waals surface area contributed by atoms with E-state index in [1.54, 1.807) is 0 Å². The fourth-order valence-electron chi connectivity index (χ4n) is 3.49. The van der Waals surface area contributed by atoms with Gasteiger partial charge in [-0.15, -0.1) is 16.8 Å². The standard InChI is InChI=1S/C18H31N7O/c1-4-6-19-18(20-12-17-22-21-15(2)23(17)3)25-7-5-16(14-25)13-24-8-10-26-11-9-24/h4,16H,1,5-14H2,2-3H3,(H,19,20). The Morgan fingerprint density at radius 1 is 1.35 bits per heavy atom. The van der Waals surface area contributed by atoms with E-state index in [1.807, 2.05) is 24.6 Å². The van der Waals surface area contributed by atoms with Crippen LogP contribution in [0.15, 0.2) is 17.6 Å². The molecule has 2 saturated heterocycles. The van der Waals surface area contributed by atoms with Crippen LogP contribution in [-0.2, 0) is 18.3 Å². The maximum absolute atomic E-state index is 5.45. The van der Waals surface area contributed by atoms with Gasteiger partial charge in [-0.3, -0.25) is 4.90 Å². The Hall–Kier alpha value is -1.93. The quantitative estimate of drug-likeness (QED) is 0.450. The molecule has 0 saturated carbocycles. The lowest BCUT2D eigenvalue weighted by Crippen LogP contribution is -2.42. The molecular weight excluding hydrogens is 330 g/mol. The SMILES string of the molecule is C=CCNC(=NCc1nnc(C)n1C)N1CCC(CN2CCOCC2)C1. The molecule has 0 radical (unpaired) electrons. The molecule has 2 fully saturated rings. The first kappa shape index (κ1) is 18.8. The van der Waals surface area contributed by atoms with E-state index in [9.17, 15) is 0 Å². The highest BCUT2D eigenvalue weighted by Crippen LogP contribution is 2.18. The molecule has 2 aliphatic rings. The van der Waals surface area contributed by atoms with Crippen LogP contribution in [0.4, 0.5) is 0 Å². The molecule has 0 spiro atoms. The van der Waals surface area contributed by atoms with E-state index in [-0.39, 0.29) is 0 Å². The maximum atomic E-state index is 5.45. The number of aliphatic imine (C=N–C) groups is 1. The van der Waals surface area contributed by atoms with Crippen molar-refractivity contribution in [3.63, 3.8) is 0 Å². The second kappa shape index (κ2) is 9.14. The zero-order valence-electron chi connectivity index (χ0n) is 16.0.